The summed E-state index contributed by atoms with van der Waals surface area (Å²) in [7, 11) is 1.97. The zero-order valence-corrected chi connectivity index (χ0v) is 8.21. The molecule has 74 valence electrons. The van der Waals surface area contributed by atoms with Crippen LogP contribution in [0.1, 0.15) is 0 Å². The molecule has 0 spiro atoms. The van der Waals surface area contributed by atoms with Crippen molar-refractivity contribution >= 4 is 11.1 Å². The molecule has 4 nitrogen and oxygen atoms in total. The second-order valence-electron chi connectivity index (χ2n) is 3.40. The maximum Gasteiger partial charge on any atom is 0.181 e. The molecule has 0 bridgehead atoms. The highest BCUT2D eigenvalue weighted by Crippen LogP contribution is 2.21. The monoisotopic (exact) mass is 199 g/mol. The molecule has 2 aromatic heterocycles. The molecule has 0 atom stereocenters. The number of aromatic nitrogens is 3. The molecule has 0 unspecified atom stereocenters. The van der Waals surface area contributed by atoms with E-state index in [2.05, 4.69) is 9.97 Å². The van der Waals surface area contributed by atoms with E-state index < -0.39 is 0 Å². The van der Waals surface area contributed by atoms with Crippen LogP contribution in [-0.4, -0.2) is 14.5 Å². The van der Waals surface area contributed by atoms with Crippen molar-refractivity contribution in [1.29, 1.82) is 0 Å². The summed E-state index contributed by atoms with van der Waals surface area (Å²) in [5.41, 5.74) is 2.70. The van der Waals surface area contributed by atoms with Crippen LogP contribution in [0.15, 0.2) is 41.4 Å². The smallest absolute Gasteiger partial charge is 0.181 e. The van der Waals surface area contributed by atoms with Crippen molar-refractivity contribution in [2.45, 2.75) is 0 Å². The highest BCUT2D eigenvalue weighted by Gasteiger charge is 2.05. The number of hydrogen-bond acceptors (Lipinski definition) is 3. The molecule has 0 radical (unpaired) electrons. The fourth-order valence-corrected chi connectivity index (χ4v) is 1.64. The van der Waals surface area contributed by atoms with E-state index in [1.165, 1.54) is 6.39 Å². The molecule has 0 N–H and O–H groups in total. The van der Waals surface area contributed by atoms with Gasteiger partial charge in [0, 0.05) is 25.0 Å². The summed E-state index contributed by atoms with van der Waals surface area (Å²) >= 11 is 0. The van der Waals surface area contributed by atoms with Crippen molar-refractivity contribution in [2.75, 3.05) is 0 Å². The second kappa shape index (κ2) is 2.95. The number of rotatable bonds is 1. The molecule has 2 heterocycles. The van der Waals surface area contributed by atoms with Crippen LogP contribution in [0.5, 0.6) is 0 Å². The zero-order valence-electron chi connectivity index (χ0n) is 8.21. The van der Waals surface area contributed by atoms with E-state index in [9.17, 15) is 0 Å². The van der Waals surface area contributed by atoms with Crippen LogP contribution in [0.2, 0.25) is 0 Å². The van der Waals surface area contributed by atoms with E-state index in [-0.39, 0.29) is 0 Å². The standard InChI is InChI=1S/C11H9N3O/c1-14-5-4-12-11(14)8-2-3-10-9(6-8)13-7-15-10/h2-7H,1H3. The second-order valence-corrected chi connectivity index (χ2v) is 3.40. The van der Waals surface area contributed by atoms with Gasteiger partial charge in [-0.25, -0.2) is 9.97 Å². The number of aryl methyl sites for hydroxylation is 1. The van der Waals surface area contributed by atoms with Gasteiger partial charge in [-0.3, -0.25) is 0 Å². The lowest BCUT2D eigenvalue weighted by Gasteiger charge is -2.00. The van der Waals surface area contributed by atoms with Crippen molar-refractivity contribution in [3.05, 3.63) is 37.0 Å². The quantitative estimate of drug-likeness (QED) is 0.603. The van der Waals surface area contributed by atoms with Crippen molar-refractivity contribution in [3.63, 3.8) is 0 Å². The first-order chi connectivity index (χ1) is 7.34. The first-order valence-electron chi connectivity index (χ1n) is 4.65. The van der Waals surface area contributed by atoms with E-state index in [0.717, 1.165) is 22.5 Å². The molecule has 0 saturated heterocycles. The van der Waals surface area contributed by atoms with Gasteiger partial charge in [-0.15, -0.1) is 0 Å². The Morgan fingerprint density at radius 1 is 1.27 bits per heavy atom. The Labute approximate surface area is 86.2 Å². The highest BCUT2D eigenvalue weighted by molar-refractivity contribution is 5.78. The van der Waals surface area contributed by atoms with E-state index in [4.69, 9.17) is 4.42 Å². The Balaban J connectivity index is 2.23. The molecule has 3 rings (SSSR count). The minimum absolute atomic E-state index is 0.799. The normalized spacial score (nSPS) is 11.0. The summed E-state index contributed by atoms with van der Waals surface area (Å²) in [6, 6.07) is 5.86. The van der Waals surface area contributed by atoms with E-state index >= 15 is 0 Å². The average Bonchev–Trinajstić information content (AvgIpc) is 2.84. The highest BCUT2D eigenvalue weighted by atomic mass is 16.3. The van der Waals surface area contributed by atoms with Gasteiger partial charge in [0.15, 0.2) is 12.0 Å². The molecule has 0 saturated carbocycles. The SMILES string of the molecule is Cn1ccnc1-c1ccc2ocnc2c1. The van der Waals surface area contributed by atoms with Crippen molar-refractivity contribution < 1.29 is 4.42 Å². The molecular formula is C11H9N3O. The van der Waals surface area contributed by atoms with Crippen molar-refractivity contribution in [2.24, 2.45) is 7.05 Å². The van der Waals surface area contributed by atoms with Gasteiger partial charge in [-0.05, 0) is 18.2 Å². The number of fused-ring (bicyclic) bond motifs is 1. The predicted octanol–water partition coefficient (Wildman–Crippen LogP) is 2.23. The maximum absolute atomic E-state index is 5.18. The molecule has 0 aliphatic carbocycles. The molecule has 0 aliphatic heterocycles. The van der Waals surface area contributed by atoms with Crippen molar-refractivity contribution in [3.8, 4) is 11.4 Å². The van der Waals surface area contributed by atoms with Crippen LogP contribution in [0.3, 0.4) is 0 Å². The van der Waals surface area contributed by atoms with Gasteiger partial charge in [0.1, 0.15) is 11.3 Å². The number of nitrogens with zero attached hydrogens (tertiary/aromatic N) is 3. The van der Waals surface area contributed by atoms with Crippen LogP contribution in [0.25, 0.3) is 22.5 Å². The first-order valence-corrected chi connectivity index (χ1v) is 4.65. The zero-order chi connectivity index (χ0) is 10.3. The van der Waals surface area contributed by atoms with Crippen LogP contribution in [0.4, 0.5) is 0 Å². The molecule has 0 aliphatic rings. The summed E-state index contributed by atoms with van der Waals surface area (Å²) in [5.74, 6) is 0.930. The molecule has 3 aromatic rings. The summed E-state index contributed by atoms with van der Waals surface area (Å²) in [5, 5.41) is 0. The minimum atomic E-state index is 0.799. The van der Waals surface area contributed by atoms with Gasteiger partial charge in [-0.2, -0.15) is 0 Å². The van der Waals surface area contributed by atoms with Crippen molar-refractivity contribution in [1.82, 2.24) is 14.5 Å². The molecule has 1 aromatic carbocycles. The number of hydrogen-bond donors (Lipinski definition) is 0. The number of benzene rings is 1. The van der Waals surface area contributed by atoms with Gasteiger partial charge in [-0.1, -0.05) is 0 Å². The first kappa shape index (κ1) is 8.23. The Bertz CT molecular complexity index is 609. The van der Waals surface area contributed by atoms with E-state index in [1.807, 2.05) is 36.0 Å². The van der Waals surface area contributed by atoms with Gasteiger partial charge in [0.05, 0.1) is 0 Å². The largest absolute Gasteiger partial charge is 0.443 e. The van der Waals surface area contributed by atoms with Crippen LogP contribution >= 0.6 is 0 Å². The maximum atomic E-state index is 5.18. The lowest BCUT2D eigenvalue weighted by Crippen LogP contribution is -1.90. The third kappa shape index (κ3) is 1.22. The van der Waals surface area contributed by atoms with Gasteiger partial charge < -0.3 is 8.98 Å². The van der Waals surface area contributed by atoms with Gasteiger partial charge in [0.2, 0.25) is 0 Å². The summed E-state index contributed by atoms with van der Waals surface area (Å²) in [6.07, 6.45) is 5.15. The third-order valence-electron chi connectivity index (χ3n) is 2.41. The fourth-order valence-electron chi connectivity index (χ4n) is 1.64. The van der Waals surface area contributed by atoms with E-state index in [0.29, 0.717) is 0 Å². The summed E-state index contributed by atoms with van der Waals surface area (Å²) in [6.45, 7) is 0. The Hall–Kier alpha value is -2.10. The Morgan fingerprint density at radius 3 is 3.00 bits per heavy atom. The predicted molar refractivity (Wildman–Crippen MR) is 56.2 cm³/mol. The summed E-state index contributed by atoms with van der Waals surface area (Å²) < 4.78 is 7.16. The lowest BCUT2D eigenvalue weighted by atomic mass is 10.2. The average molecular weight is 199 g/mol. The van der Waals surface area contributed by atoms with Crippen LogP contribution in [0, 0.1) is 0 Å². The number of imidazole rings is 1. The molecular weight excluding hydrogens is 190 g/mol. The molecule has 4 heteroatoms. The minimum Gasteiger partial charge on any atom is -0.443 e. The lowest BCUT2D eigenvalue weighted by molar-refractivity contribution is 0.602. The van der Waals surface area contributed by atoms with Crippen LogP contribution < -0.4 is 0 Å². The number of oxazole rings is 1. The fraction of sp³-hybridized carbons (Fsp3) is 0.0909. The Morgan fingerprint density at radius 2 is 2.20 bits per heavy atom. The Kier molecular flexibility index (Phi) is 1.62. The molecule has 0 fully saturated rings. The van der Waals surface area contributed by atoms with Crippen LogP contribution in [-0.2, 0) is 7.05 Å². The van der Waals surface area contributed by atoms with Gasteiger partial charge in [0.25, 0.3) is 0 Å². The topological polar surface area (TPSA) is 43.9 Å². The summed E-state index contributed by atoms with van der Waals surface area (Å²) in [4.78, 5) is 8.40. The van der Waals surface area contributed by atoms with Gasteiger partial charge >= 0.3 is 0 Å². The molecule has 15 heavy (non-hydrogen) atoms. The molecule has 0 amide bonds. The third-order valence-corrected chi connectivity index (χ3v) is 2.41. The van der Waals surface area contributed by atoms with E-state index in [1.54, 1.807) is 6.20 Å².